The lowest BCUT2D eigenvalue weighted by Crippen LogP contribution is -2.16. The minimum absolute atomic E-state index is 0.390. The highest BCUT2D eigenvalue weighted by Gasteiger charge is 2.02. The van der Waals surface area contributed by atoms with E-state index < -0.39 is 0 Å². The van der Waals surface area contributed by atoms with Crippen molar-refractivity contribution in [3.05, 3.63) is 64.2 Å². The van der Waals surface area contributed by atoms with Gasteiger partial charge in [0.1, 0.15) is 5.75 Å². The third-order valence-corrected chi connectivity index (χ3v) is 3.39. The fourth-order valence-electron chi connectivity index (χ4n) is 1.97. The Labute approximate surface area is 119 Å². The fourth-order valence-corrected chi connectivity index (χ4v) is 2.10. The van der Waals surface area contributed by atoms with Gasteiger partial charge in [0, 0.05) is 17.1 Å². The van der Waals surface area contributed by atoms with Crippen molar-refractivity contribution in [2.24, 2.45) is 0 Å². The predicted octanol–water partition coefficient (Wildman–Crippen LogP) is 3.69. The number of para-hydroxylation sites is 1. The van der Waals surface area contributed by atoms with Crippen molar-refractivity contribution in [2.45, 2.75) is 19.9 Å². The van der Waals surface area contributed by atoms with Crippen LogP contribution >= 0.6 is 11.6 Å². The van der Waals surface area contributed by atoms with Crippen molar-refractivity contribution >= 4 is 11.6 Å². The number of phenols is 1. The Morgan fingerprint density at radius 2 is 1.84 bits per heavy atom. The van der Waals surface area contributed by atoms with E-state index in [2.05, 4.69) is 5.32 Å². The van der Waals surface area contributed by atoms with Crippen LogP contribution in [0.5, 0.6) is 5.75 Å². The van der Waals surface area contributed by atoms with E-state index in [0.717, 1.165) is 29.1 Å². The highest BCUT2D eigenvalue weighted by atomic mass is 35.5. The summed E-state index contributed by atoms with van der Waals surface area (Å²) in [5, 5.41) is 14.0. The van der Waals surface area contributed by atoms with Crippen molar-refractivity contribution in [2.75, 3.05) is 6.54 Å². The number of halogens is 1. The van der Waals surface area contributed by atoms with Gasteiger partial charge in [-0.2, -0.15) is 0 Å². The molecule has 0 aliphatic rings. The van der Waals surface area contributed by atoms with Gasteiger partial charge in [0.05, 0.1) is 0 Å². The van der Waals surface area contributed by atoms with E-state index in [1.54, 1.807) is 0 Å². The first kappa shape index (κ1) is 13.9. The van der Waals surface area contributed by atoms with Gasteiger partial charge in [0.2, 0.25) is 0 Å². The molecule has 100 valence electrons. The molecule has 2 aromatic carbocycles. The molecule has 0 saturated carbocycles. The summed E-state index contributed by atoms with van der Waals surface area (Å²) in [6, 6.07) is 13.7. The van der Waals surface area contributed by atoms with Crippen molar-refractivity contribution in [1.82, 2.24) is 5.32 Å². The third-order valence-electron chi connectivity index (χ3n) is 3.14. The summed E-state index contributed by atoms with van der Waals surface area (Å²) >= 11 is 5.84. The Bertz CT molecular complexity index is 537. The first-order chi connectivity index (χ1) is 9.16. The molecule has 0 radical (unpaired) electrons. The molecule has 0 saturated heterocycles. The standard InChI is InChI=1S/C16H18ClNO/c1-12-3-2-4-14(16(12)19)11-18-10-9-13-5-7-15(17)8-6-13/h2-8,18-19H,9-11H2,1H3. The predicted molar refractivity (Wildman–Crippen MR) is 79.7 cm³/mol. The van der Waals surface area contributed by atoms with Crippen molar-refractivity contribution in [3.63, 3.8) is 0 Å². The monoisotopic (exact) mass is 275 g/mol. The van der Waals surface area contributed by atoms with Crippen LogP contribution in [0.15, 0.2) is 42.5 Å². The van der Waals surface area contributed by atoms with Gasteiger partial charge in [0.25, 0.3) is 0 Å². The van der Waals surface area contributed by atoms with Gasteiger partial charge in [-0.3, -0.25) is 0 Å². The summed E-state index contributed by atoms with van der Waals surface area (Å²) < 4.78 is 0. The molecular formula is C16H18ClNO. The lowest BCUT2D eigenvalue weighted by atomic mass is 10.1. The van der Waals surface area contributed by atoms with Crippen LogP contribution in [0.25, 0.3) is 0 Å². The molecule has 0 amide bonds. The SMILES string of the molecule is Cc1cccc(CNCCc2ccc(Cl)cc2)c1O. The average molecular weight is 276 g/mol. The molecule has 0 bridgehead atoms. The zero-order chi connectivity index (χ0) is 13.7. The first-order valence-corrected chi connectivity index (χ1v) is 6.77. The van der Waals surface area contributed by atoms with Crippen LogP contribution in [0, 0.1) is 6.92 Å². The largest absolute Gasteiger partial charge is 0.507 e. The zero-order valence-electron chi connectivity index (χ0n) is 11.0. The molecule has 0 unspecified atom stereocenters. The van der Waals surface area contributed by atoms with Crippen LogP contribution in [0.2, 0.25) is 5.02 Å². The lowest BCUT2D eigenvalue weighted by molar-refractivity contribution is 0.460. The maximum absolute atomic E-state index is 9.89. The van der Waals surface area contributed by atoms with Gasteiger partial charge in [0.15, 0.2) is 0 Å². The number of aromatic hydroxyl groups is 1. The van der Waals surface area contributed by atoms with Gasteiger partial charge >= 0.3 is 0 Å². The van der Waals surface area contributed by atoms with E-state index in [0.29, 0.717) is 12.3 Å². The molecule has 2 N–H and O–H groups in total. The van der Waals surface area contributed by atoms with E-state index >= 15 is 0 Å². The van der Waals surface area contributed by atoms with E-state index in [9.17, 15) is 5.11 Å². The zero-order valence-corrected chi connectivity index (χ0v) is 11.7. The minimum atomic E-state index is 0.390. The van der Waals surface area contributed by atoms with Gasteiger partial charge < -0.3 is 10.4 Å². The summed E-state index contributed by atoms with van der Waals surface area (Å²) in [6.45, 7) is 3.46. The minimum Gasteiger partial charge on any atom is -0.507 e. The van der Waals surface area contributed by atoms with E-state index in [-0.39, 0.29) is 0 Å². The quantitative estimate of drug-likeness (QED) is 0.816. The Hall–Kier alpha value is -1.51. The third kappa shape index (κ3) is 3.98. The van der Waals surface area contributed by atoms with Crippen LogP contribution in [0.3, 0.4) is 0 Å². The van der Waals surface area contributed by atoms with Gasteiger partial charge in [-0.1, -0.05) is 41.9 Å². The van der Waals surface area contributed by atoms with Crippen molar-refractivity contribution < 1.29 is 5.11 Å². The number of benzene rings is 2. The molecule has 0 heterocycles. The number of aryl methyl sites for hydroxylation is 1. The number of rotatable bonds is 5. The topological polar surface area (TPSA) is 32.3 Å². The molecule has 0 aliphatic heterocycles. The second-order valence-electron chi connectivity index (χ2n) is 4.64. The van der Waals surface area contributed by atoms with Crippen LogP contribution in [0.4, 0.5) is 0 Å². The Morgan fingerprint density at radius 1 is 1.11 bits per heavy atom. The molecule has 2 nitrogen and oxygen atoms in total. The number of hydrogen-bond donors (Lipinski definition) is 2. The number of nitrogens with one attached hydrogen (secondary N) is 1. The van der Waals surface area contributed by atoms with Crippen LogP contribution < -0.4 is 5.32 Å². The molecule has 2 aromatic rings. The maximum atomic E-state index is 9.89. The molecule has 2 rings (SSSR count). The van der Waals surface area contributed by atoms with Crippen molar-refractivity contribution in [1.29, 1.82) is 0 Å². The second-order valence-corrected chi connectivity index (χ2v) is 5.07. The molecule has 0 atom stereocenters. The fraction of sp³-hybridized carbons (Fsp3) is 0.250. The molecule has 19 heavy (non-hydrogen) atoms. The first-order valence-electron chi connectivity index (χ1n) is 6.39. The molecule has 0 aliphatic carbocycles. The van der Waals surface area contributed by atoms with Gasteiger partial charge in [-0.15, -0.1) is 0 Å². The molecular weight excluding hydrogens is 258 g/mol. The van der Waals surface area contributed by atoms with Gasteiger partial charge in [-0.25, -0.2) is 0 Å². The normalized spacial score (nSPS) is 10.6. The van der Waals surface area contributed by atoms with Crippen molar-refractivity contribution in [3.8, 4) is 5.75 Å². The van der Waals surface area contributed by atoms with Crippen LogP contribution in [-0.4, -0.2) is 11.7 Å². The van der Waals surface area contributed by atoms with Gasteiger partial charge in [-0.05, 0) is 43.1 Å². The smallest absolute Gasteiger partial charge is 0.122 e. The summed E-state index contributed by atoms with van der Waals surface area (Å²) in [5.41, 5.74) is 3.11. The summed E-state index contributed by atoms with van der Waals surface area (Å²) in [7, 11) is 0. The highest BCUT2D eigenvalue weighted by Crippen LogP contribution is 2.20. The summed E-state index contributed by atoms with van der Waals surface area (Å²) in [4.78, 5) is 0. The Balaban J connectivity index is 1.81. The van der Waals surface area contributed by atoms with Crippen LogP contribution in [-0.2, 0) is 13.0 Å². The highest BCUT2D eigenvalue weighted by molar-refractivity contribution is 6.30. The summed E-state index contributed by atoms with van der Waals surface area (Å²) in [6.07, 6.45) is 0.948. The van der Waals surface area contributed by atoms with E-state index in [4.69, 9.17) is 11.6 Å². The maximum Gasteiger partial charge on any atom is 0.122 e. The lowest BCUT2D eigenvalue weighted by Gasteiger charge is -2.08. The molecule has 0 spiro atoms. The Morgan fingerprint density at radius 3 is 2.58 bits per heavy atom. The number of phenolic OH excluding ortho intramolecular Hbond substituents is 1. The van der Waals surface area contributed by atoms with E-state index in [1.165, 1.54) is 5.56 Å². The summed E-state index contributed by atoms with van der Waals surface area (Å²) in [5.74, 6) is 0.390. The van der Waals surface area contributed by atoms with E-state index in [1.807, 2.05) is 49.4 Å². The second kappa shape index (κ2) is 6.60. The molecule has 0 aromatic heterocycles. The Kier molecular flexibility index (Phi) is 4.83. The average Bonchev–Trinajstić information content (AvgIpc) is 2.41. The molecule has 0 fully saturated rings. The number of hydrogen-bond acceptors (Lipinski definition) is 2. The molecule has 3 heteroatoms. The van der Waals surface area contributed by atoms with Crippen LogP contribution in [0.1, 0.15) is 16.7 Å².